The average Bonchev–Trinajstić information content (AvgIpc) is 3.28. The molecular formula is C24H29F3N4O3. The molecule has 34 heavy (non-hydrogen) atoms. The Kier molecular flexibility index (Phi) is 8.49. The number of carbonyl (C=O) groups excluding carboxylic acids is 1. The van der Waals surface area contributed by atoms with Gasteiger partial charge in [0.2, 0.25) is 5.89 Å². The molecule has 7 nitrogen and oxygen atoms in total. The van der Waals surface area contributed by atoms with Crippen molar-refractivity contribution in [3.8, 4) is 0 Å². The summed E-state index contributed by atoms with van der Waals surface area (Å²) in [7, 11) is 0. The number of ether oxygens (including phenoxy) is 1. The van der Waals surface area contributed by atoms with Crippen molar-refractivity contribution in [2.24, 2.45) is 5.41 Å². The smallest absolute Gasteiger partial charge is 0.417 e. The van der Waals surface area contributed by atoms with Crippen molar-refractivity contribution in [2.45, 2.75) is 39.3 Å². The minimum absolute atomic E-state index is 0.0630. The van der Waals surface area contributed by atoms with Crippen LogP contribution in [0.5, 0.6) is 0 Å². The summed E-state index contributed by atoms with van der Waals surface area (Å²) >= 11 is 0. The van der Waals surface area contributed by atoms with E-state index in [4.69, 9.17) is 9.15 Å². The number of anilines is 1. The zero-order chi connectivity index (χ0) is 24.6. The second-order valence-corrected chi connectivity index (χ2v) is 8.41. The number of allylic oxidation sites excluding steroid dienone is 2. The SMILES string of the molecule is CCCOCCNC(=O)N(CC1=CCC(C)(Cc2nnc(C(F)(F)F)o2)C=C1)c1ccccc1. The molecule has 0 saturated carbocycles. The van der Waals surface area contributed by atoms with E-state index < -0.39 is 17.5 Å². The molecule has 2 aromatic rings. The molecule has 0 saturated heterocycles. The van der Waals surface area contributed by atoms with Gasteiger partial charge in [0.15, 0.2) is 0 Å². The van der Waals surface area contributed by atoms with Gasteiger partial charge in [0.25, 0.3) is 0 Å². The number of para-hydroxylation sites is 1. The van der Waals surface area contributed by atoms with Gasteiger partial charge in [0, 0.05) is 25.3 Å². The van der Waals surface area contributed by atoms with Crippen molar-refractivity contribution in [3.63, 3.8) is 0 Å². The van der Waals surface area contributed by atoms with Gasteiger partial charge in [-0.3, -0.25) is 4.90 Å². The molecule has 0 aliphatic heterocycles. The number of aromatic nitrogens is 2. The minimum Gasteiger partial charge on any atom is -0.417 e. The van der Waals surface area contributed by atoms with E-state index in [0.717, 1.165) is 17.7 Å². The molecule has 10 heteroatoms. The van der Waals surface area contributed by atoms with E-state index in [-0.39, 0.29) is 18.3 Å². The number of halogens is 3. The number of hydrogen-bond acceptors (Lipinski definition) is 5. The maximum atomic E-state index is 12.9. The Balaban J connectivity index is 1.63. The van der Waals surface area contributed by atoms with Gasteiger partial charge in [-0.1, -0.05) is 50.3 Å². The van der Waals surface area contributed by atoms with E-state index in [1.807, 2.05) is 62.4 Å². The summed E-state index contributed by atoms with van der Waals surface area (Å²) < 4.78 is 48.4. The number of hydrogen-bond donors (Lipinski definition) is 1. The van der Waals surface area contributed by atoms with Crippen LogP contribution < -0.4 is 10.2 Å². The van der Waals surface area contributed by atoms with Gasteiger partial charge >= 0.3 is 18.1 Å². The van der Waals surface area contributed by atoms with Crippen LogP contribution in [0.15, 0.2) is 58.6 Å². The van der Waals surface area contributed by atoms with Crippen LogP contribution in [-0.4, -0.2) is 42.5 Å². The lowest BCUT2D eigenvalue weighted by Gasteiger charge is -2.29. The zero-order valence-corrected chi connectivity index (χ0v) is 19.3. The van der Waals surface area contributed by atoms with Crippen LogP contribution in [0.25, 0.3) is 0 Å². The summed E-state index contributed by atoms with van der Waals surface area (Å²) in [6.45, 7) is 5.76. The molecule has 1 aromatic heterocycles. The quantitative estimate of drug-likeness (QED) is 0.477. The lowest BCUT2D eigenvalue weighted by atomic mass is 9.79. The average molecular weight is 479 g/mol. The van der Waals surface area contributed by atoms with Crippen molar-refractivity contribution in [1.82, 2.24) is 15.5 Å². The van der Waals surface area contributed by atoms with Crippen LogP contribution in [0.2, 0.25) is 0 Å². The topological polar surface area (TPSA) is 80.5 Å². The molecule has 1 unspecified atom stereocenters. The monoisotopic (exact) mass is 478 g/mol. The van der Waals surface area contributed by atoms with E-state index in [9.17, 15) is 18.0 Å². The summed E-state index contributed by atoms with van der Waals surface area (Å²) in [5, 5.41) is 9.51. The van der Waals surface area contributed by atoms with E-state index in [2.05, 4.69) is 15.5 Å². The molecule has 184 valence electrons. The summed E-state index contributed by atoms with van der Waals surface area (Å²) in [5.41, 5.74) is 1.19. The summed E-state index contributed by atoms with van der Waals surface area (Å²) in [4.78, 5) is 14.5. The molecule has 0 spiro atoms. The number of alkyl halides is 3. The normalized spacial score (nSPS) is 18.0. The van der Waals surface area contributed by atoms with Gasteiger partial charge < -0.3 is 14.5 Å². The fourth-order valence-electron chi connectivity index (χ4n) is 3.48. The van der Waals surface area contributed by atoms with E-state index in [1.54, 1.807) is 4.90 Å². The molecule has 2 amide bonds. The highest BCUT2D eigenvalue weighted by atomic mass is 19.4. The van der Waals surface area contributed by atoms with Crippen molar-refractivity contribution >= 4 is 11.7 Å². The van der Waals surface area contributed by atoms with E-state index in [0.29, 0.717) is 32.7 Å². The fourth-order valence-corrected chi connectivity index (χ4v) is 3.48. The minimum atomic E-state index is -4.66. The van der Waals surface area contributed by atoms with Crippen molar-refractivity contribution in [3.05, 3.63) is 65.9 Å². The molecular weight excluding hydrogens is 449 g/mol. The zero-order valence-electron chi connectivity index (χ0n) is 19.3. The van der Waals surface area contributed by atoms with Crippen LogP contribution in [0.3, 0.4) is 0 Å². The second kappa shape index (κ2) is 11.3. The second-order valence-electron chi connectivity index (χ2n) is 8.41. The Morgan fingerprint density at radius 2 is 2.00 bits per heavy atom. The highest BCUT2D eigenvalue weighted by molar-refractivity contribution is 5.92. The first-order valence-electron chi connectivity index (χ1n) is 11.2. The van der Waals surface area contributed by atoms with Gasteiger partial charge in [-0.25, -0.2) is 4.79 Å². The number of urea groups is 1. The van der Waals surface area contributed by atoms with Crippen LogP contribution in [0.1, 0.15) is 38.5 Å². The first-order chi connectivity index (χ1) is 16.2. The lowest BCUT2D eigenvalue weighted by molar-refractivity contribution is -0.157. The summed E-state index contributed by atoms with van der Waals surface area (Å²) in [6, 6.07) is 9.09. The Bertz CT molecular complexity index is 1000. The van der Waals surface area contributed by atoms with Crippen molar-refractivity contribution in [2.75, 3.05) is 31.2 Å². The predicted molar refractivity (Wildman–Crippen MR) is 121 cm³/mol. The third-order valence-corrected chi connectivity index (χ3v) is 5.32. The molecule has 0 radical (unpaired) electrons. The highest BCUT2D eigenvalue weighted by Crippen LogP contribution is 2.35. The van der Waals surface area contributed by atoms with Gasteiger partial charge in [0.05, 0.1) is 13.2 Å². The largest absolute Gasteiger partial charge is 0.470 e. The maximum Gasteiger partial charge on any atom is 0.470 e. The van der Waals surface area contributed by atoms with Crippen molar-refractivity contribution < 1.29 is 27.1 Å². The molecule has 0 bridgehead atoms. The Hall–Kier alpha value is -3.14. The summed E-state index contributed by atoms with van der Waals surface area (Å²) in [6.07, 6.45) is 2.77. The van der Waals surface area contributed by atoms with Gasteiger partial charge in [-0.05, 0) is 36.0 Å². The number of amides is 2. The number of carbonyl (C=O) groups is 1. The molecule has 1 heterocycles. The van der Waals surface area contributed by atoms with Crippen LogP contribution in [0, 0.1) is 5.41 Å². The number of benzene rings is 1. The Morgan fingerprint density at radius 1 is 1.24 bits per heavy atom. The van der Waals surface area contributed by atoms with Crippen LogP contribution in [0.4, 0.5) is 23.7 Å². The molecule has 1 aromatic carbocycles. The first kappa shape index (κ1) is 25.5. The third-order valence-electron chi connectivity index (χ3n) is 5.32. The molecule has 0 fully saturated rings. The molecule has 1 N–H and O–H groups in total. The summed E-state index contributed by atoms with van der Waals surface area (Å²) in [5.74, 6) is -1.40. The number of rotatable bonds is 10. The standard InChI is InChI=1S/C24H29F3N4O3/c1-3-14-33-15-13-28-22(32)31(19-7-5-4-6-8-19)17-18-9-11-23(2,12-10-18)16-20-29-30-21(34-20)24(25,26)27/h4-11H,3,12-17H2,1-2H3,(H,28,32). The van der Waals surface area contributed by atoms with Crippen LogP contribution in [-0.2, 0) is 17.3 Å². The molecule has 1 atom stereocenters. The molecule has 1 aliphatic carbocycles. The number of nitrogens with one attached hydrogen (secondary N) is 1. The lowest BCUT2D eigenvalue weighted by Crippen LogP contribution is -2.42. The Labute approximate surface area is 196 Å². The van der Waals surface area contributed by atoms with Crippen molar-refractivity contribution in [1.29, 1.82) is 0 Å². The van der Waals surface area contributed by atoms with Gasteiger partial charge in [0.1, 0.15) is 0 Å². The predicted octanol–water partition coefficient (Wildman–Crippen LogP) is 5.17. The Morgan fingerprint density at radius 3 is 2.62 bits per heavy atom. The highest BCUT2D eigenvalue weighted by Gasteiger charge is 2.39. The third kappa shape index (κ3) is 7.18. The van der Waals surface area contributed by atoms with Gasteiger partial charge in [-0.2, -0.15) is 13.2 Å². The maximum absolute atomic E-state index is 12.9. The van der Waals surface area contributed by atoms with E-state index >= 15 is 0 Å². The van der Waals surface area contributed by atoms with Crippen LogP contribution >= 0.6 is 0 Å². The van der Waals surface area contributed by atoms with Gasteiger partial charge in [-0.15, -0.1) is 10.2 Å². The van der Waals surface area contributed by atoms with E-state index in [1.165, 1.54) is 0 Å². The fraction of sp³-hybridized carbons (Fsp3) is 0.458. The molecule has 1 aliphatic rings. The first-order valence-corrected chi connectivity index (χ1v) is 11.2. The molecule has 3 rings (SSSR count). The number of nitrogens with zero attached hydrogens (tertiary/aromatic N) is 3.